The minimum absolute atomic E-state index is 0.00857. The number of carboxylic acid groups (broad SMARTS) is 1. The van der Waals surface area contributed by atoms with E-state index in [1.807, 2.05) is 0 Å². The molecule has 0 saturated carbocycles. The number of carbonyl (C=O) groups excluding carboxylic acids is 1. The fraction of sp³-hybridized carbons (Fsp3) is 0.842. The first-order valence-electron chi connectivity index (χ1n) is 18.3. The summed E-state index contributed by atoms with van der Waals surface area (Å²) in [6, 6.07) is 0. The molecular weight excluding hydrogens is 520 g/mol. The third-order valence-electron chi connectivity index (χ3n) is 8.10. The van der Waals surface area contributed by atoms with Crippen LogP contribution in [0, 0.1) is 0 Å². The van der Waals surface area contributed by atoms with Gasteiger partial charge in [-0.05, 0) is 70.6 Å². The Kier molecular flexibility index (Phi) is 34.3. The van der Waals surface area contributed by atoms with Crippen molar-refractivity contribution >= 4 is 11.9 Å². The third-order valence-corrected chi connectivity index (χ3v) is 8.10. The van der Waals surface area contributed by atoms with Crippen LogP contribution < -0.4 is 0 Å². The van der Waals surface area contributed by atoms with Gasteiger partial charge in [0.15, 0.2) is 0 Å². The molecule has 4 nitrogen and oxygen atoms in total. The molecule has 0 aliphatic rings. The van der Waals surface area contributed by atoms with Crippen molar-refractivity contribution in [3.63, 3.8) is 0 Å². The molecule has 0 spiro atoms. The molecule has 1 N–H and O–H groups in total. The molecule has 0 atom stereocenters. The van der Waals surface area contributed by atoms with Gasteiger partial charge in [-0.2, -0.15) is 0 Å². The minimum atomic E-state index is -0.670. The van der Waals surface area contributed by atoms with Crippen LogP contribution in [0.2, 0.25) is 0 Å². The maximum absolute atomic E-state index is 11.9. The van der Waals surface area contributed by atoms with Crippen molar-refractivity contribution in [1.29, 1.82) is 0 Å². The summed E-state index contributed by atoms with van der Waals surface area (Å²) in [7, 11) is 0. The predicted molar refractivity (Wildman–Crippen MR) is 181 cm³/mol. The first-order chi connectivity index (χ1) is 20.7. The highest BCUT2D eigenvalue weighted by atomic mass is 16.5. The van der Waals surface area contributed by atoms with Gasteiger partial charge in [0.25, 0.3) is 0 Å². The second kappa shape index (κ2) is 35.6. The standard InChI is InChI=1S/C38H70O4/c1-2-3-4-5-6-7-8-9-13-17-20-23-26-29-32-35-38(41)42-36-33-30-27-24-21-18-15-12-10-11-14-16-19-22-25-28-31-34-37(39)40/h9,12-13,15H,2-8,10-11,14,16-36H2,1H3,(H,39,40)/b13-9+,15-12+. The molecule has 0 aliphatic carbocycles. The van der Waals surface area contributed by atoms with Crippen LogP contribution in [0.3, 0.4) is 0 Å². The lowest BCUT2D eigenvalue weighted by Crippen LogP contribution is -2.05. The molecule has 0 aromatic heterocycles. The first kappa shape index (κ1) is 40.4. The molecule has 246 valence electrons. The number of hydrogen-bond acceptors (Lipinski definition) is 3. The van der Waals surface area contributed by atoms with Gasteiger partial charge in [0.05, 0.1) is 6.61 Å². The van der Waals surface area contributed by atoms with E-state index < -0.39 is 5.97 Å². The van der Waals surface area contributed by atoms with Crippen LogP contribution in [-0.4, -0.2) is 23.7 Å². The van der Waals surface area contributed by atoms with Crippen molar-refractivity contribution in [3.05, 3.63) is 24.3 Å². The number of unbranched alkanes of at least 4 members (excludes halogenated alkanes) is 24. The van der Waals surface area contributed by atoms with Crippen molar-refractivity contribution in [2.24, 2.45) is 0 Å². The van der Waals surface area contributed by atoms with E-state index in [-0.39, 0.29) is 5.97 Å². The van der Waals surface area contributed by atoms with Gasteiger partial charge in [0.1, 0.15) is 0 Å². The van der Waals surface area contributed by atoms with E-state index in [1.54, 1.807) is 0 Å². The Morgan fingerprint density at radius 3 is 1.19 bits per heavy atom. The molecule has 0 amide bonds. The summed E-state index contributed by atoms with van der Waals surface area (Å²) in [6.45, 7) is 2.86. The van der Waals surface area contributed by atoms with Gasteiger partial charge in [-0.1, -0.05) is 140 Å². The molecule has 0 radical (unpaired) electrons. The van der Waals surface area contributed by atoms with Crippen LogP contribution >= 0.6 is 0 Å². The normalized spacial score (nSPS) is 11.6. The lowest BCUT2D eigenvalue weighted by molar-refractivity contribution is -0.144. The average Bonchev–Trinajstić information content (AvgIpc) is 2.98. The Morgan fingerprint density at radius 1 is 0.452 bits per heavy atom. The van der Waals surface area contributed by atoms with Gasteiger partial charge in [-0.25, -0.2) is 0 Å². The molecule has 0 aromatic carbocycles. The van der Waals surface area contributed by atoms with Crippen LogP contribution in [0.25, 0.3) is 0 Å². The van der Waals surface area contributed by atoms with E-state index in [0.29, 0.717) is 19.4 Å². The summed E-state index contributed by atoms with van der Waals surface area (Å²) < 4.78 is 5.42. The van der Waals surface area contributed by atoms with Gasteiger partial charge in [-0.15, -0.1) is 0 Å². The average molecular weight is 591 g/mol. The Balaban J connectivity index is 3.24. The second-order valence-electron chi connectivity index (χ2n) is 12.3. The molecule has 0 aromatic rings. The Bertz CT molecular complexity index is 625. The molecule has 0 saturated heterocycles. The minimum Gasteiger partial charge on any atom is -0.481 e. The maximum Gasteiger partial charge on any atom is 0.305 e. The highest BCUT2D eigenvalue weighted by Gasteiger charge is 2.02. The van der Waals surface area contributed by atoms with Crippen LogP contribution in [-0.2, 0) is 14.3 Å². The topological polar surface area (TPSA) is 63.6 Å². The molecule has 0 fully saturated rings. The SMILES string of the molecule is CCCCCCCC/C=C/CCCCCCCC(=O)OCCCCCCC/C=C/CCCCCCCCCCC(=O)O. The zero-order chi connectivity index (χ0) is 30.6. The van der Waals surface area contributed by atoms with Gasteiger partial charge < -0.3 is 9.84 Å². The number of carbonyl (C=O) groups is 2. The Morgan fingerprint density at radius 2 is 0.786 bits per heavy atom. The molecule has 0 aliphatic heterocycles. The zero-order valence-corrected chi connectivity index (χ0v) is 27.9. The summed E-state index contributed by atoms with van der Waals surface area (Å²) in [4.78, 5) is 22.4. The van der Waals surface area contributed by atoms with E-state index in [0.717, 1.165) is 38.5 Å². The smallest absolute Gasteiger partial charge is 0.305 e. The number of hydrogen-bond donors (Lipinski definition) is 1. The molecular formula is C38H70O4. The van der Waals surface area contributed by atoms with Gasteiger partial charge in [-0.3, -0.25) is 9.59 Å². The Hall–Kier alpha value is -1.58. The first-order valence-corrected chi connectivity index (χ1v) is 18.3. The number of esters is 1. The summed E-state index contributed by atoms with van der Waals surface area (Å²) >= 11 is 0. The monoisotopic (exact) mass is 591 g/mol. The van der Waals surface area contributed by atoms with Gasteiger partial charge >= 0.3 is 11.9 Å². The molecule has 0 rings (SSSR count). The fourth-order valence-electron chi connectivity index (χ4n) is 5.33. The van der Waals surface area contributed by atoms with E-state index in [2.05, 4.69) is 31.2 Å². The van der Waals surface area contributed by atoms with E-state index in [1.165, 1.54) is 141 Å². The number of ether oxygens (including phenoxy) is 1. The lowest BCUT2D eigenvalue weighted by Gasteiger charge is -2.05. The third kappa shape index (κ3) is 36.4. The van der Waals surface area contributed by atoms with Crippen LogP contribution in [0.15, 0.2) is 24.3 Å². The zero-order valence-electron chi connectivity index (χ0n) is 27.9. The highest BCUT2D eigenvalue weighted by Crippen LogP contribution is 2.13. The fourth-order valence-corrected chi connectivity index (χ4v) is 5.33. The molecule has 0 bridgehead atoms. The Labute approximate surface area is 261 Å². The molecule has 4 heteroatoms. The maximum atomic E-state index is 11.9. The van der Waals surface area contributed by atoms with Crippen LogP contribution in [0.4, 0.5) is 0 Å². The van der Waals surface area contributed by atoms with E-state index >= 15 is 0 Å². The summed E-state index contributed by atoms with van der Waals surface area (Å²) in [6.07, 6.45) is 44.7. The quantitative estimate of drug-likeness (QED) is 0.0460. The van der Waals surface area contributed by atoms with E-state index in [9.17, 15) is 9.59 Å². The van der Waals surface area contributed by atoms with Crippen LogP contribution in [0.5, 0.6) is 0 Å². The number of rotatable bonds is 34. The number of aliphatic carboxylic acids is 1. The molecule has 42 heavy (non-hydrogen) atoms. The van der Waals surface area contributed by atoms with Crippen molar-refractivity contribution in [2.45, 2.75) is 200 Å². The van der Waals surface area contributed by atoms with E-state index in [4.69, 9.17) is 9.84 Å². The summed E-state index contributed by atoms with van der Waals surface area (Å²) in [5.41, 5.74) is 0. The van der Waals surface area contributed by atoms with Gasteiger partial charge in [0.2, 0.25) is 0 Å². The summed E-state index contributed by atoms with van der Waals surface area (Å²) in [5, 5.41) is 8.63. The van der Waals surface area contributed by atoms with Crippen molar-refractivity contribution in [3.8, 4) is 0 Å². The summed E-state index contributed by atoms with van der Waals surface area (Å²) in [5.74, 6) is -0.678. The van der Waals surface area contributed by atoms with Crippen molar-refractivity contribution < 1.29 is 19.4 Å². The van der Waals surface area contributed by atoms with Gasteiger partial charge in [0, 0.05) is 12.8 Å². The van der Waals surface area contributed by atoms with Crippen molar-refractivity contribution in [1.82, 2.24) is 0 Å². The number of allylic oxidation sites excluding steroid dienone is 4. The van der Waals surface area contributed by atoms with Crippen molar-refractivity contribution in [2.75, 3.05) is 6.61 Å². The van der Waals surface area contributed by atoms with Crippen LogP contribution in [0.1, 0.15) is 200 Å². The highest BCUT2D eigenvalue weighted by molar-refractivity contribution is 5.69. The number of carboxylic acids is 1. The molecule has 0 unspecified atom stereocenters. The lowest BCUT2D eigenvalue weighted by atomic mass is 10.1. The second-order valence-corrected chi connectivity index (χ2v) is 12.3. The predicted octanol–water partition coefficient (Wildman–Crippen LogP) is 12.4. The molecule has 0 heterocycles. The largest absolute Gasteiger partial charge is 0.481 e.